The van der Waals surface area contributed by atoms with Gasteiger partial charge in [0.15, 0.2) is 0 Å². The minimum atomic E-state index is -0.582. The molecule has 2 rings (SSSR count). The second-order valence-corrected chi connectivity index (χ2v) is 4.60. The van der Waals surface area contributed by atoms with Crippen LogP contribution in [0.15, 0.2) is 30.3 Å². The lowest BCUT2D eigenvalue weighted by Crippen LogP contribution is -2.07. The number of nitrogens with zero attached hydrogens (tertiary/aromatic N) is 2. The molecule has 4 nitrogen and oxygen atoms in total. The highest BCUT2D eigenvalue weighted by Crippen LogP contribution is 2.22. The topological polar surface area (TPSA) is 55.2 Å². The van der Waals surface area contributed by atoms with Gasteiger partial charge in [-0.1, -0.05) is 12.1 Å². The Bertz CT molecular complexity index is 570. The molecule has 0 aliphatic rings. The van der Waals surface area contributed by atoms with Gasteiger partial charge in [-0.2, -0.15) is 10.2 Å². The Morgan fingerprint density at radius 2 is 2.00 bits per heavy atom. The molecule has 0 aliphatic heterocycles. The number of aromatic nitrogens is 2. The number of ether oxygens (including phenoxy) is 1. The molecule has 0 saturated heterocycles. The molecule has 1 aromatic heterocycles. The lowest BCUT2D eigenvalue weighted by molar-refractivity contribution is 0.177. The van der Waals surface area contributed by atoms with E-state index >= 15 is 0 Å². The van der Waals surface area contributed by atoms with Gasteiger partial charge in [-0.15, -0.1) is 0 Å². The van der Waals surface area contributed by atoms with Gasteiger partial charge in [0, 0.05) is 12.0 Å². The highest BCUT2D eigenvalue weighted by atomic mass is 16.5. The third kappa shape index (κ3) is 3.29. The van der Waals surface area contributed by atoms with Crippen molar-refractivity contribution in [2.45, 2.75) is 26.4 Å². The molecule has 0 fully saturated rings. The van der Waals surface area contributed by atoms with E-state index in [4.69, 9.17) is 4.74 Å². The average molecular weight is 258 g/mol. The lowest BCUT2D eigenvalue weighted by Gasteiger charge is -2.13. The standard InChI is InChI=1S/C15H18N2O2/c1-10-7-14(11(2)17-16-10)15(18)9-12-5-4-6-13(8-12)19-3/h4-8,15,18H,9H2,1-3H3. The summed E-state index contributed by atoms with van der Waals surface area (Å²) in [4.78, 5) is 0. The van der Waals surface area contributed by atoms with Crippen LogP contribution in [0.3, 0.4) is 0 Å². The van der Waals surface area contributed by atoms with Gasteiger partial charge in [-0.25, -0.2) is 0 Å². The second kappa shape index (κ2) is 5.80. The number of aliphatic hydroxyl groups excluding tert-OH is 1. The highest BCUT2D eigenvalue weighted by molar-refractivity contribution is 5.31. The van der Waals surface area contributed by atoms with Gasteiger partial charge in [-0.05, 0) is 37.6 Å². The Hall–Kier alpha value is -1.94. The van der Waals surface area contributed by atoms with Crippen LogP contribution < -0.4 is 4.74 Å². The van der Waals surface area contributed by atoms with Crippen molar-refractivity contribution in [1.29, 1.82) is 0 Å². The monoisotopic (exact) mass is 258 g/mol. The zero-order valence-electron chi connectivity index (χ0n) is 11.4. The van der Waals surface area contributed by atoms with Gasteiger partial charge in [0.25, 0.3) is 0 Å². The highest BCUT2D eigenvalue weighted by Gasteiger charge is 2.13. The van der Waals surface area contributed by atoms with Crippen LogP contribution in [0.1, 0.15) is 28.6 Å². The first-order valence-electron chi connectivity index (χ1n) is 6.22. The van der Waals surface area contributed by atoms with Crippen LogP contribution in [0.2, 0.25) is 0 Å². The summed E-state index contributed by atoms with van der Waals surface area (Å²) >= 11 is 0. The van der Waals surface area contributed by atoms with E-state index in [1.54, 1.807) is 7.11 Å². The summed E-state index contributed by atoms with van der Waals surface area (Å²) in [5.41, 5.74) is 3.43. The van der Waals surface area contributed by atoms with Gasteiger partial charge in [0.05, 0.1) is 24.6 Å². The van der Waals surface area contributed by atoms with E-state index in [1.807, 2.05) is 44.2 Å². The number of benzene rings is 1. The molecule has 0 spiro atoms. The van der Waals surface area contributed by atoms with Gasteiger partial charge in [0.2, 0.25) is 0 Å². The van der Waals surface area contributed by atoms with Gasteiger partial charge in [0.1, 0.15) is 5.75 Å². The molecule has 1 atom stereocenters. The first-order chi connectivity index (χ1) is 9.10. The van der Waals surface area contributed by atoms with Gasteiger partial charge >= 0.3 is 0 Å². The van der Waals surface area contributed by atoms with Crippen LogP contribution in [-0.2, 0) is 6.42 Å². The summed E-state index contributed by atoms with van der Waals surface area (Å²) in [7, 11) is 1.63. The SMILES string of the molecule is COc1cccc(CC(O)c2cc(C)nnc2C)c1. The van der Waals surface area contributed by atoms with Crippen molar-refractivity contribution in [2.75, 3.05) is 7.11 Å². The van der Waals surface area contributed by atoms with E-state index in [9.17, 15) is 5.11 Å². The van der Waals surface area contributed by atoms with E-state index < -0.39 is 6.10 Å². The molecule has 4 heteroatoms. The largest absolute Gasteiger partial charge is 0.497 e. The van der Waals surface area contributed by atoms with E-state index in [1.165, 1.54) is 0 Å². The molecular formula is C15H18N2O2. The number of rotatable bonds is 4. The lowest BCUT2D eigenvalue weighted by atomic mass is 10.0. The molecule has 2 aromatic rings. The van der Waals surface area contributed by atoms with Gasteiger partial charge in [-0.3, -0.25) is 0 Å². The first kappa shape index (κ1) is 13.5. The molecule has 1 unspecified atom stereocenters. The van der Waals surface area contributed by atoms with Crippen LogP contribution in [0.25, 0.3) is 0 Å². The fraction of sp³-hybridized carbons (Fsp3) is 0.333. The Labute approximate surface area is 113 Å². The minimum absolute atomic E-state index is 0.531. The maximum Gasteiger partial charge on any atom is 0.119 e. The van der Waals surface area contributed by atoms with Crippen molar-refractivity contribution in [3.63, 3.8) is 0 Å². The number of hydrogen-bond acceptors (Lipinski definition) is 4. The van der Waals surface area contributed by atoms with Crippen molar-refractivity contribution in [1.82, 2.24) is 10.2 Å². The Balaban J connectivity index is 2.20. The van der Waals surface area contributed by atoms with Crippen molar-refractivity contribution in [3.05, 3.63) is 52.8 Å². The Kier molecular flexibility index (Phi) is 4.12. The van der Waals surface area contributed by atoms with E-state index in [2.05, 4.69) is 10.2 Å². The van der Waals surface area contributed by atoms with Crippen LogP contribution >= 0.6 is 0 Å². The number of aryl methyl sites for hydroxylation is 2. The summed E-state index contributed by atoms with van der Waals surface area (Å²) in [6.45, 7) is 3.73. The molecule has 1 N–H and O–H groups in total. The summed E-state index contributed by atoms with van der Waals surface area (Å²) in [5.74, 6) is 0.797. The number of aliphatic hydroxyl groups is 1. The molecule has 100 valence electrons. The summed E-state index contributed by atoms with van der Waals surface area (Å²) in [6, 6.07) is 9.60. The van der Waals surface area contributed by atoms with Crippen molar-refractivity contribution in [3.8, 4) is 5.75 Å². The zero-order chi connectivity index (χ0) is 13.8. The van der Waals surface area contributed by atoms with E-state index in [0.29, 0.717) is 6.42 Å². The van der Waals surface area contributed by atoms with Crippen molar-refractivity contribution in [2.24, 2.45) is 0 Å². The normalized spacial score (nSPS) is 12.2. The van der Waals surface area contributed by atoms with E-state index in [0.717, 1.165) is 28.3 Å². The summed E-state index contributed by atoms with van der Waals surface area (Å²) in [6.07, 6.45) is -0.0512. The predicted molar refractivity (Wildman–Crippen MR) is 73.2 cm³/mol. The zero-order valence-corrected chi connectivity index (χ0v) is 11.4. The molecule has 1 heterocycles. The molecule has 0 amide bonds. The quantitative estimate of drug-likeness (QED) is 0.914. The maximum absolute atomic E-state index is 10.3. The van der Waals surface area contributed by atoms with Crippen LogP contribution in [0.4, 0.5) is 0 Å². The first-order valence-corrected chi connectivity index (χ1v) is 6.22. The second-order valence-electron chi connectivity index (χ2n) is 4.60. The molecular weight excluding hydrogens is 240 g/mol. The van der Waals surface area contributed by atoms with Crippen LogP contribution in [0.5, 0.6) is 5.75 Å². The maximum atomic E-state index is 10.3. The molecule has 0 radical (unpaired) electrons. The molecule has 1 aromatic carbocycles. The fourth-order valence-electron chi connectivity index (χ4n) is 2.04. The summed E-state index contributed by atoms with van der Waals surface area (Å²) in [5, 5.41) is 18.3. The number of methoxy groups -OCH3 is 1. The molecule has 0 bridgehead atoms. The third-order valence-electron chi connectivity index (χ3n) is 3.06. The van der Waals surface area contributed by atoms with Crippen molar-refractivity contribution >= 4 is 0 Å². The smallest absolute Gasteiger partial charge is 0.119 e. The van der Waals surface area contributed by atoms with Crippen LogP contribution in [0, 0.1) is 13.8 Å². The van der Waals surface area contributed by atoms with Gasteiger partial charge < -0.3 is 9.84 Å². The third-order valence-corrected chi connectivity index (χ3v) is 3.06. The molecule has 0 aliphatic carbocycles. The molecule has 0 saturated carbocycles. The number of hydrogen-bond donors (Lipinski definition) is 1. The predicted octanol–water partition coefficient (Wildman–Crippen LogP) is 2.38. The Morgan fingerprint density at radius 3 is 2.74 bits per heavy atom. The fourth-order valence-corrected chi connectivity index (χ4v) is 2.04. The van der Waals surface area contributed by atoms with E-state index in [-0.39, 0.29) is 0 Å². The van der Waals surface area contributed by atoms with Crippen molar-refractivity contribution < 1.29 is 9.84 Å². The Morgan fingerprint density at radius 1 is 1.21 bits per heavy atom. The summed E-state index contributed by atoms with van der Waals surface area (Å²) < 4.78 is 5.18. The minimum Gasteiger partial charge on any atom is -0.497 e. The molecule has 19 heavy (non-hydrogen) atoms. The van der Waals surface area contributed by atoms with Crippen LogP contribution in [-0.4, -0.2) is 22.4 Å². The average Bonchev–Trinajstić information content (AvgIpc) is 2.41.